The first kappa shape index (κ1) is 29.3. The molecule has 0 aliphatic carbocycles. The lowest BCUT2D eigenvalue weighted by molar-refractivity contribution is 0.0524. The molecule has 0 spiro atoms. The first-order valence-corrected chi connectivity index (χ1v) is 11.9. The van der Waals surface area contributed by atoms with Gasteiger partial charge in [-0.05, 0) is 46.8 Å². The van der Waals surface area contributed by atoms with E-state index in [1.807, 2.05) is 13.1 Å². The van der Waals surface area contributed by atoms with Crippen molar-refractivity contribution in [2.24, 2.45) is 0 Å². The minimum atomic E-state index is -0.0304. The Bertz CT molecular complexity index is 1410. The van der Waals surface area contributed by atoms with Crippen molar-refractivity contribution >= 4 is 30.5 Å². The first-order valence-electron chi connectivity index (χ1n) is 11.9. The van der Waals surface area contributed by atoms with Gasteiger partial charge in [0, 0.05) is 47.8 Å². The molecule has 204 valence electrons. The number of imidazole rings is 1. The predicted molar refractivity (Wildman–Crippen MR) is 150 cm³/mol. The molecule has 0 unspecified atom stereocenters. The number of aryl methyl sites for hydroxylation is 1. The van der Waals surface area contributed by atoms with Gasteiger partial charge in [-0.3, -0.25) is 0 Å². The quantitative estimate of drug-likeness (QED) is 0.353. The van der Waals surface area contributed by atoms with Crippen LogP contribution in [-0.4, -0.2) is 59.2 Å². The van der Waals surface area contributed by atoms with Crippen LogP contribution in [0.5, 0.6) is 17.4 Å². The van der Waals surface area contributed by atoms with Crippen LogP contribution in [0.4, 0.5) is 0 Å². The number of hydrogen-bond donors (Lipinski definition) is 2. The van der Waals surface area contributed by atoms with Crippen molar-refractivity contribution in [2.75, 3.05) is 7.11 Å². The molecule has 0 bridgehead atoms. The normalized spacial score (nSPS) is 16.4. The number of methoxy groups -OCH3 is 1. The number of hydrogen-bond acceptors (Lipinski definition) is 9. The van der Waals surface area contributed by atoms with Crippen LogP contribution in [0, 0.1) is 6.92 Å². The second kappa shape index (κ2) is 10.9. The highest BCUT2D eigenvalue weighted by molar-refractivity contribution is 5.85. The largest absolute Gasteiger partial charge is 0.506 e. The van der Waals surface area contributed by atoms with Crippen molar-refractivity contribution in [2.45, 2.75) is 64.6 Å². The zero-order valence-corrected chi connectivity index (χ0v) is 23.9. The predicted octanol–water partition coefficient (Wildman–Crippen LogP) is 4.80. The molecule has 4 aromatic rings. The number of aromatic hydroxyl groups is 1. The van der Waals surface area contributed by atoms with Gasteiger partial charge in [-0.1, -0.05) is 0 Å². The highest BCUT2D eigenvalue weighted by atomic mass is 35.5. The minimum Gasteiger partial charge on any atom is -0.506 e. The van der Waals surface area contributed by atoms with Crippen LogP contribution in [0.25, 0.3) is 28.3 Å². The molecule has 12 heteroatoms. The lowest BCUT2D eigenvalue weighted by atomic mass is 9.81. The van der Waals surface area contributed by atoms with Gasteiger partial charge in [-0.25, -0.2) is 14.5 Å². The number of pyridine rings is 1. The molecule has 1 saturated heterocycles. The van der Waals surface area contributed by atoms with Gasteiger partial charge in [0.15, 0.2) is 11.4 Å². The molecule has 10 nitrogen and oxygen atoms in total. The van der Waals surface area contributed by atoms with E-state index < -0.39 is 0 Å². The Morgan fingerprint density at radius 1 is 1.03 bits per heavy atom. The molecule has 0 atom stereocenters. The maximum absolute atomic E-state index is 10.7. The summed E-state index contributed by atoms with van der Waals surface area (Å²) < 4.78 is 13.3. The zero-order valence-electron chi connectivity index (χ0n) is 22.2. The number of ether oxygens (including phenoxy) is 2. The third-order valence-corrected chi connectivity index (χ3v) is 6.22. The number of halogens is 2. The third-order valence-electron chi connectivity index (χ3n) is 6.22. The molecular formula is C26H33Cl2N7O3. The maximum Gasteiger partial charge on any atom is 0.233 e. The molecule has 2 N–H and O–H groups in total. The van der Waals surface area contributed by atoms with Gasteiger partial charge in [0.1, 0.15) is 23.2 Å². The van der Waals surface area contributed by atoms with Crippen molar-refractivity contribution in [3.05, 3.63) is 42.4 Å². The van der Waals surface area contributed by atoms with E-state index in [-0.39, 0.29) is 47.7 Å². The molecule has 0 amide bonds. The van der Waals surface area contributed by atoms with Crippen LogP contribution in [0.1, 0.15) is 46.2 Å². The van der Waals surface area contributed by atoms with Crippen LogP contribution < -0.4 is 14.8 Å². The molecule has 1 fully saturated rings. The van der Waals surface area contributed by atoms with Gasteiger partial charge in [-0.2, -0.15) is 5.10 Å². The molecule has 0 radical (unpaired) electrons. The highest BCUT2D eigenvalue weighted by Gasteiger charge is 2.38. The highest BCUT2D eigenvalue weighted by Crippen LogP contribution is 2.33. The third kappa shape index (κ3) is 6.09. The van der Waals surface area contributed by atoms with Crippen LogP contribution in [0.3, 0.4) is 0 Å². The Labute approximate surface area is 234 Å². The van der Waals surface area contributed by atoms with Gasteiger partial charge in [0.05, 0.1) is 24.7 Å². The summed E-state index contributed by atoms with van der Waals surface area (Å²) in [6.45, 7) is 10.6. The zero-order chi connectivity index (χ0) is 25.7. The lowest BCUT2D eigenvalue weighted by Gasteiger charge is -2.46. The second-order valence-electron chi connectivity index (χ2n) is 10.6. The van der Waals surface area contributed by atoms with Crippen molar-refractivity contribution in [1.29, 1.82) is 0 Å². The van der Waals surface area contributed by atoms with Crippen LogP contribution >= 0.6 is 24.8 Å². The summed E-state index contributed by atoms with van der Waals surface area (Å²) in [5.41, 5.74) is 3.39. The summed E-state index contributed by atoms with van der Waals surface area (Å²) in [5, 5.41) is 27.5. The van der Waals surface area contributed by atoms with E-state index in [1.165, 1.54) is 0 Å². The Hall–Kier alpha value is -3.21. The summed E-state index contributed by atoms with van der Waals surface area (Å²) in [7, 11) is 1.58. The molecule has 4 aromatic heterocycles. The molecule has 0 aromatic carbocycles. The maximum atomic E-state index is 10.7. The van der Waals surface area contributed by atoms with Crippen molar-refractivity contribution in [1.82, 2.24) is 35.1 Å². The van der Waals surface area contributed by atoms with E-state index in [4.69, 9.17) is 9.47 Å². The second-order valence-corrected chi connectivity index (χ2v) is 10.6. The summed E-state index contributed by atoms with van der Waals surface area (Å²) >= 11 is 0. The molecular weight excluding hydrogens is 529 g/mol. The topological polar surface area (TPSA) is 120 Å². The van der Waals surface area contributed by atoms with Gasteiger partial charge in [0.25, 0.3) is 0 Å². The summed E-state index contributed by atoms with van der Waals surface area (Å²) in [5.74, 6) is 1.01. The average molecular weight is 563 g/mol. The summed E-state index contributed by atoms with van der Waals surface area (Å²) in [6, 6.07) is 6.89. The van der Waals surface area contributed by atoms with E-state index in [1.54, 1.807) is 42.1 Å². The fraction of sp³-hybridized carbons (Fsp3) is 0.423. The Morgan fingerprint density at radius 2 is 1.74 bits per heavy atom. The van der Waals surface area contributed by atoms with Gasteiger partial charge < -0.3 is 19.9 Å². The van der Waals surface area contributed by atoms with E-state index >= 15 is 0 Å². The van der Waals surface area contributed by atoms with E-state index in [2.05, 4.69) is 58.3 Å². The molecule has 5 rings (SSSR count). The SMILES string of the molecule is COc1cc(-c2cnc(-c3ccc(OC4CC(C)(C)NC(C)(C)C4)nn3)c(O)c2)nn2cc(C)nc12.Cl.Cl. The van der Waals surface area contributed by atoms with Crippen molar-refractivity contribution in [3.8, 4) is 40.0 Å². The van der Waals surface area contributed by atoms with Gasteiger partial charge in [0.2, 0.25) is 5.88 Å². The summed E-state index contributed by atoms with van der Waals surface area (Å²) in [4.78, 5) is 8.87. The Morgan fingerprint density at radius 3 is 2.34 bits per heavy atom. The van der Waals surface area contributed by atoms with Crippen LogP contribution in [-0.2, 0) is 0 Å². The number of rotatable bonds is 5. The van der Waals surface area contributed by atoms with Crippen molar-refractivity contribution < 1.29 is 14.6 Å². The monoisotopic (exact) mass is 561 g/mol. The molecule has 1 aliphatic heterocycles. The van der Waals surface area contributed by atoms with Gasteiger partial charge in [-0.15, -0.1) is 35.0 Å². The van der Waals surface area contributed by atoms with E-state index in [0.717, 1.165) is 18.5 Å². The number of piperidine rings is 1. The smallest absolute Gasteiger partial charge is 0.233 e. The van der Waals surface area contributed by atoms with Crippen LogP contribution in [0.2, 0.25) is 0 Å². The molecule has 5 heterocycles. The fourth-order valence-corrected chi connectivity index (χ4v) is 5.14. The van der Waals surface area contributed by atoms with Crippen molar-refractivity contribution in [3.63, 3.8) is 0 Å². The minimum absolute atomic E-state index is 0. The number of nitrogens with one attached hydrogen (secondary N) is 1. The molecule has 0 saturated carbocycles. The fourth-order valence-electron chi connectivity index (χ4n) is 5.14. The van der Waals surface area contributed by atoms with Crippen LogP contribution in [0.15, 0.2) is 36.7 Å². The van der Waals surface area contributed by atoms with E-state index in [0.29, 0.717) is 39.9 Å². The number of aromatic nitrogens is 6. The lowest BCUT2D eigenvalue weighted by Crippen LogP contribution is -2.60. The Kier molecular flexibility index (Phi) is 8.40. The number of fused-ring (bicyclic) bond motifs is 1. The number of nitrogens with zero attached hydrogens (tertiary/aromatic N) is 6. The van der Waals surface area contributed by atoms with Gasteiger partial charge >= 0.3 is 0 Å². The first-order chi connectivity index (χ1) is 17.0. The molecule has 38 heavy (non-hydrogen) atoms. The average Bonchev–Trinajstić information content (AvgIpc) is 3.17. The Balaban J connectivity index is 0.00000200. The standard InChI is InChI=1S/C26H31N7O3.2ClH/c1-15-14-33-24(28-15)21(35-6)10-19(31-33)16-9-20(34)23(27-13-16)18-7-8-22(30-29-18)36-17-11-25(2,3)32-26(4,5)12-17;;/h7-10,13-14,17,32,34H,11-12H2,1-6H3;2*1H. The summed E-state index contributed by atoms with van der Waals surface area (Å²) in [6.07, 6.45) is 5.22. The molecule has 1 aliphatic rings. The van der Waals surface area contributed by atoms with E-state index in [9.17, 15) is 5.11 Å².